The summed E-state index contributed by atoms with van der Waals surface area (Å²) in [5.74, 6) is 0.443. The second-order valence-corrected chi connectivity index (χ2v) is 10.00. The number of hydrogen-bond acceptors (Lipinski definition) is 6. The molecule has 0 N–H and O–H groups in total. The number of ether oxygens (including phenoxy) is 1. The van der Waals surface area contributed by atoms with Gasteiger partial charge in [-0.1, -0.05) is 15.9 Å². The number of nitrogens with zero attached hydrogens (tertiary/aromatic N) is 4. The normalized spacial score (nSPS) is 16.6. The Labute approximate surface area is 209 Å². The topological polar surface area (TPSA) is 79.2 Å². The summed E-state index contributed by atoms with van der Waals surface area (Å²) in [6.07, 6.45) is 3.27. The minimum Gasteiger partial charge on any atom is -0.495 e. The van der Waals surface area contributed by atoms with Crippen LogP contribution in [0, 0.1) is 10.1 Å². The second kappa shape index (κ2) is 10.3. The quantitative estimate of drug-likeness (QED) is 0.362. The van der Waals surface area contributed by atoms with Gasteiger partial charge in [0.05, 0.1) is 22.1 Å². The van der Waals surface area contributed by atoms with Crippen LogP contribution in [-0.2, 0) is 0 Å². The predicted molar refractivity (Wildman–Crippen MR) is 136 cm³/mol. The number of nitro groups is 1. The highest BCUT2D eigenvalue weighted by molar-refractivity contribution is 9.11. The molecule has 1 amide bonds. The first kappa shape index (κ1) is 23.8. The van der Waals surface area contributed by atoms with Gasteiger partial charge in [0.2, 0.25) is 0 Å². The van der Waals surface area contributed by atoms with Gasteiger partial charge in [-0.3, -0.25) is 14.9 Å². The highest BCUT2D eigenvalue weighted by Crippen LogP contribution is 2.36. The Morgan fingerprint density at radius 2 is 1.67 bits per heavy atom. The van der Waals surface area contributed by atoms with Crippen LogP contribution in [0.3, 0.4) is 0 Å². The van der Waals surface area contributed by atoms with Crippen LogP contribution in [0.1, 0.15) is 29.6 Å². The Morgan fingerprint density at radius 3 is 2.30 bits per heavy atom. The van der Waals surface area contributed by atoms with Gasteiger partial charge in [-0.15, -0.1) is 0 Å². The fourth-order valence-corrected chi connectivity index (χ4v) is 5.90. The van der Waals surface area contributed by atoms with E-state index in [1.165, 1.54) is 6.42 Å². The summed E-state index contributed by atoms with van der Waals surface area (Å²) in [5.41, 5.74) is 2.31. The Balaban J connectivity index is 1.50. The molecule has 4 rings (SSSR count). The molecule has 0 bridgehead atoms. The zero-order valence-corrected chi connectivity index (χ0v) is 21.6. The first-order valence-electron chi connectivity index (χ1n) is 11.0. The van der Waals surface area contributed by atoms with Crippen LogP contribution in [-0.4, -0.2) is 62.1 Å². The van der Waals surface area contributed by atoms with Crippen molar-refractivity contribution in [2.45, 2.75) is 19.3 Å². The molecule has 8 nitrogen and oxygen atoms in total. The molecule has 0 aromatic heterocycles. The monoisotopic (exact) mass is 580 g/mol. The van der Waals surface area contributed by atoms with E-state index in [-0.39, 0.29) is 16.5 Å². The first-order chi connectivity index (χ1) is 15.9. The van der Waals surface area contributed by atoms with Crippen molar-refractivity contribution in [1.29, 1.82) is 0 Å². The van der Waals surface area contributed by atoms with E-state index < -0.39 is 0 Å². The van der Waals surface area contributed by atoms with Gasteiger partial charge >= 0.3 is 0 Å². The van der Waals surface area contributed by atoms with Crippen molar-refractivity contribution >= 4 is 54.8 Å². The van der Waals surface area contributed by atoms with Gasteiger partial charge in [-0.25, -0.2) is 0 Å². The number of anilines is 2. The minimum atomic E-state index is -0.298. The highest BCUT2D eigenvalue weighted by Gasteiger charge is 2.28. The van der Waals surface area contributed by atoms with E-state index in [0.29, 0.717) is 43.2 Å². The molecule has 2 aliphatic heterocycles. The molecule has 0 spiro atoms. The van der Waals surface area contributed by atoms with Gasteiger partial charge in [0.1, 0.15) is 11.4 Å². The number of piperazine rings is 1. The predicted octanol–water partition coefficient (Wildman–Crippen LogP) is 5.08. The number of rotatable bonds is 5. The van der Waals surface area contributed by atoms with Crippen molar-refractivity contribution in [3.05, 3.63) is 55.0 Å². The molecule has 2 aromatic carbocycles. The SMILES string of the molecule is COc1c(Br)cc(Br)cc1C(=O)N1CCN(c2ccc([N+](=O)[O-])c(N3CCCCC3)c2)CC1. The van der Waals surface area contributed by atoms with E-state index in [4.69, 9.17) is 4.74 Å². The number of nitro benzene ring substituents is 1. The lowest BCUT2D eigenvalue weighted by Crippen LogP contribution is -2.49. The largest absolute Gasteiger partial charge is 0.495 e. The molecule has 0 radical (unpaired) electrons. The molecule has 0 saturated carbocycles. The van der Waals surface area contributed by atoms with E-state index in [0.717, 1.165) is 40.6 Å². The number of halogens is 2. The van der Waals surface area contributed by atoms with E-state index in [9.17, 15) is 14.9 Å². The molecule has 2 heterocycles. The summed E-state index contributed by atoms with van der Waals surface area (Å²) in [4.78, 5) is 30.7. The van der Waals surface area contributed by atoms with Crippen LogP contribution in [0.25, 0.3) is 0 Å². The molecular formula is C23H26Br2N4O4. The molecule has 2 aliphatic rings. The Kier molecular flexibility index (Phi) is 7.43. The summed E-state index contributed by atoms with van der Waals surface area (Å²) in [5, 5.41) is 11.6. The number of piperidine rings is 1. The zero-order chi connectivity index (χ0) is 23.5. The summed E-state index contributed by atoms with van der Waals surface area (Å²) in [6.45, 7) is 4.11. The summed E-state index contributed by atoms with van der Waals surface area (Å²) in [6, 6.07) is 9.00. The number of carbonyl (C=O) groups is 1. The van der Waals surface area contributed by atoms with Crippen LogP contribution in [0.5, 0.6) is 5.75 Å². The molecule has 0 atom stereocenters. The van der Waals surface area contributed by atoms with Gasteiger partial charge < -0.3 is 19.4 Å². The van der Waals surface area contributed by atoms with Crippen LogP contribution in [0.4, 0.5) is 17.1 Å². The van der Waals surface area contributed by atoms with Crippen molar-refractivity contribution in [1.82, 2.24) is 4.90 Å². The summed E-state index contributed by atoms with van der Waals surface area (Å²) in [7, 11) is 1.55. The maximum Gasteiger partial charge on any atom is 0.292 e. The fourth-order valence-electron chi connectivity index (χ4n) is 4.52. The van der Waals surface area contributed by atoms with Crippen molar-refractivity contribution < 1.29 is 14.5 Å². The molecule has 2 aromatic rings. The number of carbonyl (C=O) groups excluding carboxylic acids is 1. The Bertz CT molecular complexity index is 1050. The maximum absolute atomic E-state index is 13.2. The zero-order valence-electron chi connectivity index (χ0n) is 18.4. The molecular weight excluding hydrogens is 556 g/mol. The molecule has 2 fully saturated rings. The summed E-state index contributed by atoms with van der Waals surface area (Å²) >= 11 is 6.91. The average molecular weight is 582 g/mol. The lowest BCUT2D eigenvalue weighted by Gasteiger charge is -2.37. The van der Waals surface area contributed by atoms with Gasteiger partial charge in [0, 0.05) is 55.5 Å². The molecule has 0 aliphatic carbocycles. The number of hydrogen-bond donors (Lipinski definition) is 0. The van der Waals surface area contributed by atoms with Crippen molar-refractivity contribution in [2.75, 3.05) is 56.2 Å². The lowest BCUT2D eigenvalue weighted by atomic mass is 10.1. The molecule has 10 heteroatoms. The third-order valence-corrected chi connectivity index (χ3v) is 7.27. The van der Waals surface area contributed by atoms with Crippen LogP contribution in [0.2, 0.25) is 0 Å². The number of methoxy groups -OCH3 is 1. The minimum absolute atomic E-state index is 0.0776. The third kappa shape index (κ3) is 5.11. The van der Waals surface area contributed by atoms with Gasteiger partial charge in [-0.2, -0.15) is 0 Å². The first-order valence-corrected chi connectivity index (χ1v) is 12.6. The number of benzene rings is 2. The van der Waals surface area contributed by atoms with Crippen molar-refractivity contribution in [3.63, 3.8) is 0 Å². The smallest absolute Gasteiger partial charge is 0.292 e. The molecule has 176 valence electrons. The van der Waals surface area contributed by atoms with E-state index >= 15 is 0 Å². The standard InChI is InChI=1S/C23H26Br2N4O4/c1-33-22-18(13-16(24)14-19(22)25)23(30)28-11-9-26(10-12-28)17-5-6-20(29(31)32)21(15-17)27-7-3-2-4-8-27/h5-6,13-15H,2-4,7-12H2,1H3. The second-order valence-electron chi connectivity index (χ2n) is 8.23. The molecule has 0 unspecified atom stereocenters. The lowest BCUT2D eigenvalue weighted by molar-refractivity contribution is -0.384. The van der Waals surface area contributed by atoms with E-state index in [1.807, 2.05) is 23.1 Å². The Hall–Kier alpha value is -2.33. The van der Waals surface area contributed by atoms with Gasteiger partial charge in [0.25, 0.3) is 11.6 Å². The average Bonchev–Trinajstić information content (AvgIpc) is 2.83. The highest BCUT2D eigenvalue weighted by atomic mass is 79.9. The van der Waals surface area contributed by atoms with Crippen molar-refractivity contribution in [2.24, 2.45) is 0 Å². The third-order valence-electron chi connectivity index (χ3n) is 6.23. The van der Waals surface area contributed by atoms with E-state index in [2.05, 4.69) is 41.7 Å². The van der Waals surface area contributed by atoms with Crippen molar-refractivity contribution in [3.8, 4) is 5.75 Å². The molecule has 33 heavy (non-hydrogen) atoms. The number of amides is 1. The van der Waals surface area contributed by atoms with Gasteiger partial charge in [-0.05, 0) is 59.5 Å². The van der Waals surface area contributed by atoms with E-state index in [1.54, 1.807) is 19.2 Å². The fraction of sp³-hybridized carbons (Fsp3) is 0.435. The van der Waals surface area contributed by atoms with Crippen LogP contribution >= 0.6 is 31.9 Å². The maximum atomic E-state index is 13.2. The summed E-state index contributed by atoms with van der Waals surface area (Å²) < 4.78 is 6.97. The van der Waals surface area contributed by atoms with Crippen LogP contribution < -0.4 is 14.5 Å². The molecule has 2 saturated heterocycles. The van der Waals surface area contributed by atoms with Crippen LogP contribution in [0.15, 0.2) is 39.3 Å². The Morgan fingerprint density at radius 1 is 0.970 bits per heavy atom. The van der Waals surface area contributed by atoms with Gasteiger partial charge in [0.15, 0.2) is 0 Å².